The predicted molar refractivity (Wildman–Crippen MR) is 117 cm³/mol. The van der Waals surface area contributed by atoms with Gasteiger partial charge in [0.2, 0.25) is 0 Å². The third-order valence-corrected chi connectivity index (χ3v) is 10.1. The normalized spacial score (nSPS) is 42.1. The van der Waals surface area contributed by atoms with Crippen molar-refractivity contribution >= 4 is 14.1 Å². The van der Waals surface area contributed by atoms with Gasteiger partial charge in [0.1, 0.15) is 5.60 Å². The summed E-state index contributed by atoms with van der Waals surface area (Å²) < 4.78 is 17.3. The molecule has 4 aliphatic carbocycles. The van der Waals surface area contributed by atoms with E-state index in [-0.39, 0.29) is 22.6 Å². The first kappa shape index (κ1) is 21.3. The number of carbonyl (C=O) groups excluding carboxylic acids is 1. The SMILES string of the molecule is CC1CCCCCC(CN2CCC3(CC2)CN(C24CC(C[PH](=O)O)(C2)C4)C(=O)O3)C1. The molecular weight excluding hydrogens is 399 g/mol. The number of likely N-dealkylation sites (tertiary alicyclic amines) is 1. The second kappa shape index (κ2) is 7.78. The summed E-state index contributed by atoms with van der Waals surface area (Å²) in [4.78, 5) is 26.6. The molecule has 6 aliphatic rings. The van der Waals surface area contributed by atoms with Gasteiger partial charge >= 0.3 is 6.09 Å². The Morgan fingerprint density at radius 1 is 1.13 bits per heavy atom. The van der Waals surface area contributed by atoms with Crippen molar-refractivity contribution in [1.29, 1.82) is 0 Å². The Balaban J connectivity index is 1.12. The first-order valence-corrected chi connectivity index (χ1v) is 13.8. The Bertz CT molecular complexity index is 686. The van der Waals surface area contributed by atoms with Gasteiger partial charge in [0.25, 0.3) is 0 Å². The average Bonchev–Trinajstić information content (AvgIpc) is 2.92. The largest absolute Gasteiger partial charge is 0.441 e. The van der Waals surface area contributed by atoms with Crippen molar-refractivity contribution < 1.29 is 19.0 Å². The molecule has 170 valence electrons. The topological polar surface area (TPSA) is 70.1 Å². The number of hydrogen-bond donors (Lipinski definition) is 1. The zero-order valence-electron chi connectivity index (χ0n) is 18.5. The predicted octanol–water partition coefficient (Wildman–Crippen LogP) is 4.27. The van der Waals surface area contributed by atoms with Crippen LogP contribution in [-0.2, 0) is 9.30 Å². The minimum Gasteiger partial charge on any atom is -0.441 e. The molecule has 6 rings (SSSR count). The number of hydrogen-bond acceptors (Lipinski definition) is 4. The fourth-order valence-electron chi connectivity index (χ4n) is 7.56. The number of rotatable bonds is 5. The van der Waals surface area contributed by atoms with E-state index >= 15 is 0 Å². The van der Waals surface area contributed by atoms with Crippen LogP contribution in [0.1, 0.15) is 77.6 Å². The summed E-state index contributed by atoms with van der Waals surface area (Å²) in [6.07, 6.45) is 13.2. The molecule has 4 saturated carbocycles. The van der Waals surface area contributed by atoms with Crippen molar-refractivity contribution in [2.75, 3.05) is 32.3 Å². The highest BCUT2D eigenvalue weighted by atomic mass is 31.1. The summed E-state index contributed by atoms with van der Waals surface area (Å²) in [5, 5.41) is 0. The Labute approximate surface area is 181 Å². The molecule has 0 aromatic carbocycles. The van der Waals surface area contributed by atoms with Crippen LogP contribution in [0, 0.1) is 17.3 Å². The molecule has 0 aromatic heterocycles. The van der Waals surface area contributed by atoms with Crippen LogP contribution < -0.4 is 0 Å². The molecule has 7 heteroatoms. The highest BCUT2D eigenvalue weighted by molar-refractivity contribution is 7.38. The number of nitrogens with zero attached hydrogens (tertiary/aromatic N) is 2. The van der Waals surface area contributed by atoms with Gasteiger partial charge in [-0.3, -0.25) is 9.46 Å². The fourth-order valence-corrected chi connectivity index (χ4v) is 8.58. The Morgan fingerprint density at radius 3 is 2.53 bits per heavy atom. The molecule has 2 saturated heterocycles. The fraction of sp³-hybridized carbons (Fsp3) is 0.957. The van der Waals surface area contributed by atoms with Crippen molar-refractivity contribution in [3.8, 4) is 0 Å². The summed E-state index contributed by atoms with van der Waals surface area (Å²) in [7, 11) is -2.42. The molecule has 0 aromatic rings. The van der Waals surface area contributed by atoms with Crippen LogP contribution >= 0.6 is 8.03 Å². The number of carbonyl (C=O) groups is 1. The van der Waals surface area contributed by atoms with Crippen molar-refractivity contribution in [2.24, 2.45) is 17.3 Å². The van der Waals surface area contributed by atoms with Gasteiger partial charge in [0, 0.05) is 44.2 Å². The maximum atomic E-state index is 12.7. The van der Waals surface area contributed by atoms with Gasteiger partial charge in [-0.25, -0.2) is 4.79 Å². The summed E-state index contributed by atoms with van der Waals surface area (Å²) >= 11 is 0. The quantitative estimate of drug-likeness (QED) is 0.649. The highest BCUT2D eigenvalue weighted by Gasteiger charge is 2.73. The van der Waals surface area contributed by atoms with Gasteiger partial charge in [-0.1, -0.05) is 32.6 Å². The van der Waals surface area contributed by atoms with E-state index in [0.29, 0.717) is 6.16 Å². The van der Waals surface area contributed by atoms with Gasteiger partial charge < -0.3 is 14.5 Å². The first-order valence-electron chi connectivity index (χ1n) is 12.3. The Kier molecular flexibility index (Phi) is 5.51. The van der Waals surface area contributed by atoms with Crippen LogP contribution in [0.5, 0.6) is 0 Å². The van der Waals surface area contributed by atoms with Crippen LogP contribution in [0.3, 0.4) is 0 Å². The summed E-state index contributed by atoms with van der Waals surface area (Å²) in [6.45, 7) is 6.44. The van der Waals surface area contributed by atoms with E-state index in [9.17, 15) is 14.3 Å². The van der Waals surface area contributed by atoms with Crippen LogP contribution in [0.25, 0.3) is 0 Å². The molecule has 2 bridgehead atoms. The maximum absolute atomic E-state index is 12.7. The monoisotopic (exact) mass is 438 g/mol. The molecular formula is C23H39N2O4P. The number of ether oxygens (including phenoxy) is 1. The highest BCUT2D eigenvalue weighted by Crippen LogP contribution is 2.72. The maximum Gasteiger partial charge on any atom is 0.410 e. The van der Waals surface area contributed by atoms with Gasteiger partial charge in [-0.15, -0.1) is 0 Å². The molecule has 3 atom stereocenters. The smallest absolute Gasteiger partial charge is 0.410 e. The van der Waals surface area contributed by atoms with Gasteiger partial charge in [0.05, 0.1) is 6.54 Å². The summed E-state index contributed by atoms with van der Waals surface area (Å²) in [6, 6.07) is 0. The second-order valence-corrected chi connectivity index (χ2v) is 12.7. The second-order valence-electron chi connectivity index (χ2n) is 11.6. The molecule has 6 fully saturated rings. The molecule has 1 N–H and O–H groups in total. The van der Waals surface area contributed by atoms with Crippen LogP contribution in [0.4, 0.5) is 4.79 Å². The van der Waals surface area contributed by atoms with E-state index in [4.69, 9.17) is 4.74 Å². The van der Waals surface area contributed by atoms with E-state index < -0.39 is 8.03 Å². The van der Waals surface area contributed by atoms with Gasteiger partial charge in [-0.2, -0.15) is 0 Å². The Hall–Kier alpha value is -0.580. The molecule has 3 unspecified atom stereocenters. The average molecular weight is 439 g/mol. The zero-order chi connectivity index (χ0) is 21.0. The van der Waals surface area contributed by atoms with E-state index in [1.807, 2.05) is 4.90 Å². The molecule has 30 heavy (non-hydrogen) atoms. The van der Waals surface area contributed by atoms with Gasteiger partial charge in [0.15, 0.2) is 8.03 Å². The lowest BCUT2D eigenvalue weighted by Gasteiger charge is -2.72. The standard InChI is InChI=1S/C23H39N2O4P/c1-18-5-3-2-4-6-19(11-18)12-24-9-7-23(8-10-24)16-25(20(26)29-23)22-13-21(14-22,15-22)17-30(27)28/h18-19,30H,2-17H2,1H3,(H,27,28). The molecule has 1 amide bonds. The van der Waals surface area contributed by atoms with Crippen LogP contribution in [0.2, 0.25) is 0 Å². The molecule has 2 aliphatic heterocycles. The molecule has 2 heterocycles. The van der Waals surface area contributed by atoms with Crippen LogP contribution in [-0.4, -0.2) is 64.3 Å². The lowest BCUT2D eigenvalue weighted by molar-refractivity contribution is -0.187. The number of piperidine rings is 1. The number of amides is 1. The molecule has 0 radical (unpaired) electrons. The summed E-state index contributed by atoms with van der Waals surface area (Å²) in [5.41, 5.74) is -0.322. The van der Waals surface area contributed by atoms with E-state index in [2.05, 4.69) is 11.8 Å². The van der Waals surface area contributed by atoms with Crippen molar-refractivity contribution in [3.63, 3.8) is 0 Å². The third-order valence-electron chi connectivity index (χ3n) is 9.01. The van der Waals surface area contributed by atoms with E-state index in [0.717, 1.165) is 63.6 Å². The van der Waals surface area contributed by atoms with E-state index in [1.165, 1.54) is 45.1 Å². The minimum absolute atomic E-state index is 0.0406. The lowest BCUT2D eigenvalue weighted by atomic mass is 9.39. The third kappa shape index (κ3) is 3.86. The zero-order valence-corrected chi connectivity index (χ0v) is 19.5. The van der Waals surface area contributed by atoms with Crippen molar-refractivity contribution in [2.45, 2.75) is 88.7 Å². The molecule has 6 nitrogen and oxygen atoms in total. The van der Waals surface area contributed by atoms with Crippen molar-refractivity contribution in [1.82, 2.24) is 9.80 Å². The first-order chi connectivity index (χ1) is 14.3. The van der Waals surface area contributed by atoms with Crippen LogP contribution in [0.15, 0.2) is 0 Å². The van der Waals surface area contributed by atoms with E-state index in [1.54, 1.807) is 0 Å². The molecule has 1 spiro atoms. The van der Waals surface area contributed by atoms with Crippen molar-refractivity contribution in [3.05, 3.63) is 0 Å². The lowest BCUT2D eigenvalue weighted by Crippen LogP contribution is -2.75. The summed E-state index contributed by atoms with van der Waals surface area (Å²) in [5.74, 6) is 1.68. The Morgan fingerprint density at radius 2 is 1.83 bits per heavy atom. The minimum atomic E-state index is -2.42. The van der Waals surface area contributed by atoms with Gasteiger partial charge in [-0.05, 0) is 49.4 Å².